The topological polar surface area (TPSA) is 73.9 Å². The maximum Gasteiger partial charge on any atom is 0.407 e. The molecule has 0 bridgehead atoms. The number of benzene rings is 2. The minimum Gasteiger partial charge on any atom is -1.00 e. The van der Waals surface area contributed by atoms with Crippen LogP contribution in [0.5, 0.6) is 0 Å². The van der Waals surface area contributed by atoms with Crippen molar-refractivity contribution in [2.24, 2.45) is 5.41 Å². The molecule has 0 unspecified atom stereocenters. The first-order valence-corrected chi connectivity index (χ1v) is 14.2. The van der Waals surface area contributed by atoms with Gasteiger partial charge in [-0.25, -0.2) is 4.79 Å². The average Bonchev–Trinajstić information content (AvgIpc) is 2.89. The van der Waals surface area contributed by atoms with E-state index >= 15 is 0 Å². The summed E-state index contributed by atoms with van der Waals surface area (Å²) in [5.74, 6) is -0.334. The third-order valence-corrected chi connectivity index (χ3v) is 7.25. The van der Waals surface area contributed by atoms with Crippen LogP contribution in [0.25, 0.3) is 11.1 Å². The fourth-order valence-corrected chi connectivity index (χ4v) is 4.79. The molecule has 7 nitrogen and oxygen atoms in total. The number of ether oxygens (including phenoxy) is 3. The van der Waals surface area contributed by atoms with Crippen molar-refractivity contribution >= 4 is 23.7 Å². The summed E-state index contributed by atoms with van der Waals surface area (Å²) in [6, 6.07) is 16.1. The Labute approximate surface area is 261 Å². The Hall–Kier alpha value is -1.88. The molecule has 0 atom stereocenters. The van der Waals surface area contributed by atoms with Gasteiger partial charge in [0.1, 0.15) is 12.1 Å². The highest BCUT2D eigenvalue weighted by Crippen LogP contribution is 2.26. The van der Waals surface area contributed by atoms with Crippen LogP contribution >= 0.6 is 11.6 Å². The lowest BCUT2D eigenvalue weighted by Gasteiger charge is -2.41. The van der Waals surface area contributed by atoms with Crippen molar-refractivity contribution in [3.05, 3.63) is 59.1 Å². The highest BCUT2D eigenvalue weighted by Gasteiger charge is 2.36. The van der Waals surface area contributed by atoms with E-state index in [0.29, 0.717) is 29.5 Å². The van der Waals surface area contributed by atoms with E-state index in [1.54, 1.807) is 34.6 Å². The summed E-state index contributed by atoms with van der Waals surface area (Å²) in [7, 11) is 0. The molecule has 0 spiro atoms. The average molecular weight is 687 g/mol. The normalized spacial score (nSPS) is 15.1. The molecule has 1 heterocycles. The molecule has 1 N–H and O–H groups in total. The smallest absolute Gasteiger partial charge is 0.407 e. The number of amides is 1. The number of carbonyl (C=O) groups is 2. The maximum absolute atomic E-state index is 13.0. The number of alkyl carbamates (subject to hydrolysis) is 1. The second kappa shape index (κ2) is 15.4. The fraction of sp³-hybridized carbons (Fsp3) is 0.548. The quantitative estimate of drug-likeness (QED) is 0.170. The summed E-state index contributed by atoms with van der Waals surface area (Å²) in [4.78, 5) is 25.0. The third kappa shape index (κ3) is 10.8. The zero-order valence-corrected chi connectivity index (χ0v) is 27.3. The van der Waals surface area contributed by atoms with E-state index in [-0.39, 0.29) is 36.5 Å². The van der Waals surface area contributed by atoms with Crippen LogP contribution in [0.3, 0.4) is 0 Å². The zero-order valence-electron chi connectivity index (χ0n) is 24.4. The lowest BCUT2D eigenvalue weighted by molar-refractivity contribution is -0.948. The van der Waals surface area contributed by atoms with Crippen molar-refractivity contribution < 1.29 is 52.3 Å². The monoisotopic (exact) mass is 686 g/mol. The molecule has 1 fully saturated rings. The predicted octanol–water partition coefficient (Wildman–Crippen LogP) is 3.58. The molecule has 0 aromatic heterocycles. The van der Waals surface area contributed by atoms with Gasteiger partial charge in [-0.1, -0.05) is 48.0 Å². The Kier molecular flexibility index (Phi) is 13.2. The second-order valence-electron chi connectivity index (χ2n) is 12.1. The van der Waals surface area contributed by atoms with E-state index in [2.05, 4.69) is 17.4 Å². The highest BCUT2D eigenvalue weighted by atomic mass is 127. The summed E-state index contributed by atoms with van der Waals surface area (Å²) < 4.78 is 18.0. The van der Waals surface area contributed by atoms with Crippen molar-refractivity contribution in [3.63, 3.8) is 0 Å². The summed E-state index contributed by atoms with van der Waals surface area (Å²) in [6.45, 7) is 13.1. The second-order valence-corrected chi connectivity index (χ2v) is 12.5. The summed E-state index contributed by atoms with van der Waals surface area (Å²) in [6.07, 6.45) is 2.84. The molecule has 2 aromatic rings. The molecule has 2 aromatic carbocycles. The van der Waals surface area contributed by atoms with Gasteiger partial charge in [0, 0.05) is 11.6 Å². The van der Waals surface area contributed by atoms with Gasteiger partial charge in [0.25, 0.3) is 0 Å². The summed E-state index contributed by atoms with van der Waals surface area (Å²) in [5, 5.41) is 3.40. The van der Waals surface area contributed by atoms with E-state index in [0.717, 1.165) is 49.2 Å². The molecule has 0 saturated carbocycles. The molecule has 9 heteroatoms. The maximum atomic E-state index is 13.0. The molecule has 1 aliphatic heterocycles. The molecule has 1 amide bonds. The van der Waals surface area contributed by atoms with Gasteiger partial charge in [-0.15, -0.1) is 0 Å². The van der Waals surface area contributed by atoms with Crippen LogP contribution in [0.2, 0.25) is 5.02 Å². The van der Waals surface area contributed by atoms with E-state index in [4.69, 9.17) is 25.8 Å². The zero-order chi connectivity index (χ0) is 28.5. The minimum atomic E-state index is -0.876. The molecule has 0 aliphatic carbocycles. The molecular formula is C31H44ClIN2O5. The van der Waals surface area contributed by atoms with Gasteiger partial charge >= 0.3 is 12.1 Å². The number of hydrogen-bond acceptors (Lipinski definition) is 5. The standard InChI is InChI=1S/C31H43ClN2O5.HI/c1-30(2,3)39-29(36)33-22-31(4,5)28(35)38-23-34(17-9-6-10-18-34)19-20-37-21-25-11-7-8-12-27(25)24-13-15-26(32)16-14-24;/h7-8,11-16H,6,9-10,17-23H2,1-5H3;1H. The van der Waals surface area contributed by atoms with Crippen LogP contribution in [0.1, 0.15) is 59.4 Å². The molecule has 1 saturated heterocycles. The van der Waals surface area contributed by atoms with Crippen molar-refractivity contribution in [3.8, 4) is 11.1 Å². The molecule has 1 aliphatic rings. The van der Waals surface area contributed by atoms with Gasteiger partial charge in [-0.3, -0.25) is 9.28 Å². The van der Waals surface area contributed by atoms with Crippen LogP contribution in [0.4, 0.5) is 4.79 Å². The van der Waals surface area contributed by atoms with Crippen LogP contribution in [0.15, 0.2) is 48.5 Å². The number of esters is 1. The van der Waals surface area contributed by atoms with E-state index in [1.807, 2.05) is 36.4 Å². The van der Waals surface area contributed by atoms with Crippen LogP contribution in [-0.4, -0.2) is 61.7 Å². The van der Waals surface area contributed by atoms with Crippen molar-refractivity contribution in [1.29, 1.82) is 0 Å². The Bertz CT molecular complexity index is 1100. The summed E-state index contributed by atoms with van der Waals surface area (Å²) in [5.41, 5.74) is 1.88. The number of nitrogens with zero attached hydrogens (tertiary/aromatic N) is 1. The molecular weight excluding hydrogens is 643 g/mol. The Balaban J connectivity index is 0.00000560. The van der Waals surface area contributed by atoms with Gasteiger partial charge < -0.3 is 43.5 Å². The first-order chi connectivity index (χ1) is 18.4. The lowest BCUT2D eigenvalue weighted by Crippen LogP contribution is -3.00. The van der Waals surface area contributed by atoms with Crippen LogP contribution in [0, 0.1) is 5.41 Å². The number of piperidine rings is 1. The minimum absolute atomic E-state index is 0. The number of carbonyl (C=O) groups excluding carboxylic acids is 2. The first-order valence-electron chi connectivity index (χ1n) is 13.8. The largest absolute Gasteiger partial charge is 1.00 e. The van der Waals surface area contributed by atoms with Gasteiger partial charge in [0.05, 0.1) is 31.7 Å². The van der Waals surface area contributed by atoms with Crippen molar-refractivity contribution in [1.82, 2.24) is 5.32 Å². The Morgan fingerprint density at radius 2 is 1.60 bits per heavy atom. The molecule has 40 heavy (non-hydrogen) atoms. The number of rotatable bonds is 11. The number of hydrogen-bond donors (Lipinski definition) is 1. The van der Waals surface area contributed by atoms with Gasteiger partial charge in [-0.05, 0) is 82.7 Å². The number of quaternary nitrogens is 1. The van der Waals surface area contributed by atoms with Crippen molar-refractivity contribution in [2.45, 2.75) is 66.1 Å². The van der Waals surface area contributed by atoms with E-state index in [1.165, 1.54) is 6.42 Å². The van der Waals surface area contributed by atoms with Crippen LogP contribution in [-0.2, 0) is 25.6 Å². The van der Waals surface area contributed by atoms with Crippen LogP contribution < -0.4 is 29.3 Å². The molecule has 3 rings (SSSR count). The third-order valence-electron chi connectivity index (χ3n) is 7.00. The van der Waals surface area contributed by atoms with Gasteiger partial charge in [0.2, 0.25) is 6.73 Å². The van der Waals surface area contributed by atoms with E-state index in [9.17, 15) is 9.59 Å². The SMILES string of the molecule is CC(C)(C)OC(=O)NCC(C)(C)C(=O)OC[N+]1(CCOCc2ccccc2-c2ccc(Cl)cc2)CCCCC1.[I-]. The number of likely N-dealkylation sites (tertiary alicyclic amines) is 1. The Morgan fingerprint density at radius 1 is 0.950 bits per heavy atom. The molecule has 0 radical (unpaired) electrons. The fourth-order valence-electron chi connectivity index (χ4n) is 4.67. The lowest BCUT2D eigenvalue weighted by atomic mass is 9.94. The van der Waals surface area contributed by atoms with Crippen molar-refractivity contribution in [2.75, 3.05) is 39.5 Å². The van der Waals surface area contributed by atoms with Gasteiger partial charge in [0.15, 0.2) is 0 Å². The number of halogens is 2. The molecule has 222 valence electrons. The van der Waals surface area contributed by atoms with Gasteiger partial charge in [-0.2, -0.15) is 0 Å². The first kappa shape index (κ1) is 34.3. The summed E-state index contributed by atoms with van der Waals surface area (Å²) >= 11 is 6.07. The predicted molar refractivity (Wildman–Crippen MR) is 154 cm³/mol. The number of nitrogens with one attached hydrogen (secondary N) is 1. The highest BCUT2D eigenvalue weighted by molar-refractivity contribution is 6.30. The Morgan fingerprint density at radius 3 is 2.25 bits per heavy atom. The van der Waals surface area contributed by atoms with E-state index < -0.39 is 17.1 Å².